The third kappa shape index (κ3) is 5.99. The molecule has 0 bridgehead atoms. The number of amides is 1. The Balaban J connectivity index is 1.52. The first kappa shape index (κ1) is 19.7. The van der Waals surface area contributed by atoms with Crippen LogP contribution in [0.25, 0.3) is 0 Å². The Bertz CT molecular complexity index is 816. The number of benzene rings is 2. The molecule has 1 heterocycles. The minimum absolute atomic E-state index is 0.119. The maximum absolute atomic E-state index is 12.4. The fraction of sp³-hybridized carbons (Fsp3) is 0.333. The first-order valence-corrected chi connectivity index (χ1v) is 9.16. The van der Waals surface area contributed by atoms with Gasteiger partial charge in [0, 0.05) is 18.7 Å². The van der Waals surface area contributed by atoms with Gasteiger partial charge in [-0.2, -0.15) is 0 Å². The second-order valence-electron chi connectivity index (χ2n) is 6.49. The third-order valence-corrected chi connectivity index (χ3v) is 4.27. The standard InChI is InChI=1S/C21H23NO6/c23-20(24)14-28-17-6-1-4-15(10-17)12-22-21(25)16-5-2-7-18(11-16)27-13-19-8-3-9-26-19/h1-2,4-7,10-11,19H,3,8-9,12-14H2,(H,22,25)(H,23,24). The van der Waals surface area contributed by atoms with E-state index >= 15 is 0 Å². The molecule has 1 amide bonds. The van der Waals surface area contributed by atoms with E-state index in [1.165, 1.54) is 0 Å². The van der Waals surface area contributed by atoms with Gasteiger partial charge in [0.05, 0.1) is 6.10 Å². The molecule has 1 aliphatic rings. The molecule has 2 aromatic carbocycles. The lowest BCUT2D eigenvalue weighted by atomic mass is 10.1. The van der Waals surface area contributed by atoms with Crippen LogP contribution in [0.2, 0.25) is 0 Å². The maximum Gasteiger partial charge on any atom is 0.341 e. The van der Waals surface area contributed by atoms with Gasteiger partial charge in [-0.25, -0.2) is 4.79 Å². The molecule has 2 aromatic rings. The van der Waals surface area contributed by atoms with Gasteiger partial charge < -0.3 is 24.6 Å². The van der Waals surface area contributed by atoms with Crippen molar-refractivity contribution >= 4 is 11.9 Å². The van der Waals surface area contributed by atoms with E-state index in [2.05, 4.69) is 5.32 Å². The monoisotopic (exact) mass is 385 g/mol. The second kappa shape index (κ2) is 9.75. The lowest BCUT2D eigenvalue weighted by Crippen LogP contribution is -2.23. The smallest absolute Gasteiger partial charge is 0.341 e. The number of nitrogens with one attached hydrogen (secondary N) is 1. The van der Waals surface area contributed by atoms with Crippen LogP contribution in [0.3, 0.4) is 0 Å². The summed E-state index contributed by atoms with van der Waals surface area (Å²) in [4.78, 5) is 23.0. The molecule has 1 unspecified atom stereocenters. The Labute approximate surface area is 163 Å². The predicted molar refractivity (Wildman–Crippen MR) is 102 cm³/mol. The number of aliphatic carboxylic acids is 1. The van der Waals surface area contributed by atoms with Crippen molar-refractivity contribution in [2.45, 2.75) is 25.5 Å². The van der Waals surface area contributed by atoms with Gasteiger partial charge >= 0.3 is 5.97 Å². The molecule has 0 radical (unpaired) electrons. The van der Waals surface area contributed by atoms with Crippen LogP contribution in [0, 0.1) is 0 Å². The van der Waals surface area contributed by atoms with Crippen LogP contribution in [-0.4, -0.2) is 42.9 Å². The average Bonchev–Trinajstić information content (AvgIpc) is 3.23. The molecule has 0 aromatic heterocycles. The van der Waals surface area contributed by atoms with Crippen LogP contribution in [0.1, 0.15) is 28.8 Å². The molecule has 0 spiro atoms. The largest absolute Gasteiger partial charge is 0.491 e. The van der Waals surface area contributed by atoms with Crippen LogP contribution in [0.4, 0.5) is 0 Å². The van der Waals surface area contributed by atoms with Crippen molar-refractivity contribution < 1.29 is 28.9 Å². The predicted octanol–water partition coefficient (Wildman–Crippen LogP) is 2.64. The van der Waals surface area contributed by atoms with Crippen molar-refractivity contribution in [3.05, 3.63) is 59.7 Å². The summed E-state index contributed by atoms with van der Waals surface area (Å²) in [6.45, 7) is 1.14. The Morgan fingerprint density at radius 3 is 2.64 bits per heavy atom. The number of carboxylic acids is 1. The van der Waals surface area contributed by atoms with Crippen LogP contribution in [-0.2, 0) is 16.1 Å². The molecule has 0 aliphatic carbocycles. The van der Waals surface area contributed by atoms with Gasteiger partial charge in [-0.3, -0.25) is 4.79 Å². The summed E-state index contributed by atoms with van der Waals surface area (Å²) in [7, 11) is 0. The van der Waals surface area contributed by atoms with E-state index < -0.39 is 12.6 Å². The van der Waals surface area contributed by atoms with Gasteiger partial charge in [0.25, 0.3) is 5.91 Å². The van der Waals surface area contributed by atoms with Gasteiger partial charge in [0.2, 0.25) is 0 Å². The lowest BCUT2D eigenvalue weighted by molar-refractivity contribution is -0.139. The number of carbonyl (C=O) groups is 2. The van der Waals surface area contributed by atoms with E-state index in [1.54, 1.807) is 36.4 Å². The molecular weight excluding hydrogens is 362 g/mol. The van der Waals surface area contributed by atoms with Crippen molar-refractivity contribution in [3.63, 3.8) is 0 Å². The van der Waals surface area contributed by atoms with Crippen molar-refractivity contribution in [1.82, 2.24) is 5.32 Å². The highest BCUT2D eigenvalue weighted by Gasteiger charge is 2.16. The summed E-state index contributed by atoms with van der Waals surface area (Å²) in [5.41, 5.74) is 1.31. The molecule has 1 saturated heterocycles. The molecule has 7 nitrogen and oxygen atoms in total. The van der Waals surface area contributed by atoms with Crippen LogP contribution in [0.15, 0.2) is 48.5 Å². The van der Waals surface area contributed by atoms with Gasteiger partial charge in [-0.1, -0.05) is 18.2 Å². The Kier molecular flexibility index (Phi) is 6.86. The van der Waals surface area contributed by atoms with Crippen LogP contribution < -0.4 is 14.8 Å². The average molecular weight is 385 g/mol. The molecule has 1 fully saturated rings. The minimum atomic E-state index is -1.04. The Morgan fingerprint density at radius 2 is 1.89 bits per heavy atom. The van der Waals surface area contributed by atoms with Crippen molar-refractivity contribution in [2.24, 2.45) is 0 Å². The maximum atomic E-state index is 12.4. The highest BCUT2D eigenvalue weighted by molar-refractivity contribution is 5.94. The topological polar surface area (TPSA) is 94.1 Å². The van der Waals surface area contributed by atoms with E-state index in [9.17, 15) is 9.59 Å². The molecular formula is C21H23NO6. The molecule has 7 heteroatoms. The summed E-state index contributed by atoms with van der Waals surface area (Å²) in [5.74, 6) is -0.189. The van der Waals surface area contributed by atoms with E-state index in [0.29, 0.717) is 30.2 Å². The number of hydrogen-bond acceptors (Lipinski definition) is 5. The molecule has 1 atom stereocenters. The zero-order valence-electron chi connectivity index (χ0n) is 15.4. The number of rotatable bonds is 9. The third-order valence-electron chi connectivity index (χ3n) is 4.27. The molecule has 148 valence electrons. The van der Waals surface area contributed by atoms with Crippen molar-refractivity contribution in [1.29, 1.82) is 0 Å². The normalized spacial score (nSPS) is 15.8. The fourth-order valence-electron chi connectivity index (χ4n) is 2.87. The summed E-state index contributed by atoms with van der Waals surface area (Å²) >= 11 is 0. The van der Waals surface area contributed by atoms with Crippen molar-refractivity contribution in [2.75, 3.05) is 19.8 Å². The van der Waals surface area contributed by atoms with Gasteiger partial charge in [-0.05, 0) is 48.7 Å². The van der Waals surface area contributed by atoms with E-state index in [-0.39, 0.29) is 12.0 Å². The summed E-state index contributed by atoms with van der Waals surface area (Å²) in [6.07, 6.45) is 2.17. The van der Waals surface area contributed by atoms with Crippen molar-refractivity contribution in [3.8, 4) is 11.5 Å². The number of carboxylic acid groups (broad SMARTS) is 1. The second-order valence-corrected chi connectivity index (χ2v) is 6.49. The van der Waals surface area contributed by atoms with Gasteiger partial charge in [-0.15, -0.1) is 0 Å². The summed E-state index contributed by atoms with van der Waals surface area (Å²) in [6, 6.07) is 14.0. The van der Waals surface area contributed by atoms with Gasteiger partial charge in [0.15, 0.2) is 6.61 Å². The fourth-order valence-corrected chi connectivity index (χ4v) is 2.87. The quantitative estimate of drug-likeness (QED) is 0.689. The molecule has 28 heavy (non-hydrogen) atoms. The Hall–Kier alpha value is -3.06. The zero-order valence-corrected chi connectivity index (χ0v) is 15.4. The number of hydrogen-bond donors (Lipinski definition) is 2. The first-order valence-electron chi connectivity index (χ1n) is 9.16. The molecule has 0 saturated carbocycles. The highest BCUT2D eigenvalue weighted by atomic mass is 16.5. The molecule has 2 N–H and O–H groups in total. The Morgan fingerprint density at radius 1 is 1.11 bits per heavy atom. The highest BCUT2D eigenvalue weighted by Crippen LogP contribution is 2.18. The minimum Gasteiger partial charge on any atom is -0.491 e. The van der Waals surface area contributed by atoms with Crippen LogP contribution >= 0.6 is 0 Å². The van der Waals surface area contributed by atoms with Crippen LogP contribution in [0.5, 0.6) is 11.5 Å². The molecule has 3 rings (SSSR count). The number of carbonyl (C=O) groups excluding carboxylic acids is 1. The molecule has 1 aliphatic heterocycles. The summed E-state index contributed by atoms with van der Waals surface area (Å²) in [5, 5.41) is 11.5. The number of ether oxygens (including phenoxy) is 3. The summed E-state index contributed by atoms with van der Waals surface area (Å²) < 4.78 is 16.4. The lowest BCUT2D eigenvalue weighted by Gasteiger charge is -2.12. The SMILES string of the molecule is O=C(O)COc1cccc(CNC(=O)c2cccc(OCC3CCCO3)c2)c1. The van der Waals surface area contributed by atoms with E-state index in [0.717, 1.165) is 25.0 Å². The zero-order chi connectivity index (χ0) is 19.8. The van der Waals surface area contributed by atoms with E-state index in [1.807, 2.05) is 12.1 Å². The first-order chi connectivity index (χ1) is 13.6. The van der Waals surface area contributed by atoms with E-state index in [4.69, 9.17) is 19.3 Å². The van der Waals surface area contributed by atoms with Gasteiger partial charge in [0.1, 0.15) is 18.1 Å².